The summed E-state index contributed by atoms with van der Waals surface area (Å²) in [5.74, 6) is -1.82. The second-order valence-electron chi connectivity index (χ2n) is 4.17. The van der Waals surface area contributed by atoms with E-state index in [1.807, 2.05) is 6.26 Å². The number of nitrogens with two attached hydrogens (primary N) is 1. The lowest BCUT2D eigenvalue weighted by atomic mass is 10.2. The van der Waals surface area contributed by atoms with E-state index in [0.717, 1.165) is 5.75 Å². The summed E-state index contributed by atoms with van der Waals surface area (Å²) in [4.78, 5) is 34.1. The summed E-state index contributed by atoms with van der Waals surface area (Å²) in [6, 6.07) is -2.76. The van der Waals surface area contributed by atoms with Crippen molar-refractivity contribution in [3.63, 3.8) is 0 Å². The van der Waals surface area contributed by atoms with Crippen LogP contribution in [0.1, 0.15) is 13.3 Å². The number of hydrogen-bond donors (Lipinski definition) is 4. The van der Waals surface area contributed by atoms with Crippen molar-refractivity contribution < 1.29 is 19.5 Å². The van der Waals surface area contributed by atoms with Crippen molar-refractivity contribution in [3.8, 4) is 0 Å². The Kier molecular flexibility index (Phi) is 9.35. The molecule has 0 saturated carbocycles. The first-order valence-corrected chi connectivity index (χ1v) is 7.90. The molecule has 5 N–H and O–H groups in total. The van der Waals surface area contributed by atoms with E-state index in [2.05, 4.69) is 10.6 Å². The van der Waals surface area contributed by atoms with Crippen LogP contribution in [0.15, 0.2) is 0 Å². The number of amides is 2. The van der Waals surface area contributed by atoms with Gasteiger partial charge in [0.25, 0.3) is 0 Å². The topological polar surface area (TPSA) is 122 Å². The fourth-order valence-electron chi connectivity index (χ4n) is 1.22. The van der Waals surface area contributed by atoms with E-state index in [0.29, 0.717) is 6.42 Å². The van der Waals surface area contributed by atoms with Crippen molar-refractivity contribution >= 4 is 41.1 Å². The average Bonchev–Trinajstić information content (AvgIpc) is 2.40. The van der Waals surface area contributed by atoms with Crippen molar-refractivity contribution in [1.29, 1.82) is 0 Å². The average molecular weight is 326 g/mol. The summed E-state index contributed by atoms with van der Waals surface area (Å²) in [7, 11) is 0. The van der Waals surface area contributed by atoms with E-state index in [9.17, 15) is 14.4 Å². The Balaban J connectivity index is 4.31. The smallest absolute Gasteiger partial charge is 0.327 e. The van der Waals surface area contributed by atoms with Crippen molar-refractivity contribution in [1.82, 2.24) is 10.6 Å². The van der Waals surface area contributed by atoms with Gasteiger partial charge in [0.15, 0.2) is 0 Å². The lowest BCUT2D eigenvalue weighted by Crippen LogP contribution is -2.53. The molecule has 0 aromatic heterocycles. The first kappa shape index (κ1) is 19.0. The molecule has 0 bridgehead atoms. The summed E-state index contributed by atoms with van der Waals surface area (Å²) in [5.41, 5.74) is 5.66. The van der Waals surface area contributed by atoms with Gasteiger partial charge in [0, 0.05) is 0 Å². The monoisotopic (exact) mass is 325 g/mol. The number of nitrogens with one attached hydrogen (secondary N) is 2. The van der Waals surface area contributed by atoms with Crippen LogP contribution in [0.3, 0.4) is 0 Å². The number of aliphatic carboxylic acids is 1. The lowest BCUT2D eigenvalue weighted by Gasteiger charge is -2.19. The predicted molar refractivity (Wildman–Crippen MR) is 78.9 cm³/mol. The van der Waals surface area contributed by atoms with Gasteiger partial charge in [-0.2, -0.15) is 11.8 Å². The molecule has 9 heteroatoms. The Bertz CT molecular complexity index is 357. The van der Waals surface area contributed by atoms with Crippen molar-refractivity contribution in [2.24, 2.45) is 5.73 Å². The number of hydrogen-bond acceptors (Lipinski definition) is 5. The van der Waals surface area contributed by atoms with E-state index in [1.165, 1.54) is 6.92 Å². The number of carbonyl (C=O) groups is 3. The second kappa shape index (κ2) is 9.84. The minimum atomic E-state index is -1.23. The van der Waals surface area contributed by atoms with Gasteiger partial charge in [-0.3, -0.25) is 9.59 Å². The maximum absolute atomic E-state index is 11.7. The molecule has 116 valence electrons. The Morgan fingerprint density at radius 1 is 1.30 bits per heavy atom. The van der Waals surface area contributed by atoms with Crippen LogP contribution >= 0.6 is 23.4 Å². The zero-order chi connectivity index (χ0) is 15.7. The normalized spacial score (nSPS) is 15.0. The van der Waals surface area contributed by atoms with Gasteiger partial charge in [0.1, 0.15) is 12.1 Å². The highest BCUT2D eigenvalue weighted by Gasteiger charge is 2.24. The summed E-state index contributed by atoms with van der Waals surface area (Å²) in [6.45, 7) is 1.45. The van der Waals surface area contributed by atoms with Gasteiger partial charge < -0.3 is 21.5 Å². The van der Waals surface area contributed by atoms with Crippen LogP contribution in [-0.4, -0.2) is 58.9 Å². The molecule has 0 aliphatic heterocycles. The van der Waals surface area contributed by atoms with Gasteiger partial charge in [-0.1, -0.05) is 0 Å². The summed E-state index contributed by atoms with van der Waals surface area (Å²) < 4.78 is 0. The first-order chi connectivity index (χ1) is 9.33. The van der Waals surface area contributed by atoms with Gasteiger partial charge in [0.05, 0.1) is 11.9 Å². The van der Waals surface area contributed by atoms with E-state index >= 15 is 0 Å². The molecule has 0 rings (SSSR count). The molecule has 0 saturated heterocycles. The van der Waals surface area contributed by atoms with E-state index in [-0.39, 0.29) is 5.88 Å². The molecular formula is C11H20ClN3O4S. The van der Waals surface area contributed by atoms with Crippen LogP contribution in [0.4, 0.5) is 0 Å². The fourth-order valence-corrected chi connectivity index (χ4v) is 1.92. The maximum atomic E-state index is 11.7. The molecule has 0 spiro atoms. The minimum Gasteiger partial charge on any atom is -0.480 e. The SMILES string of the molecule is CSCC[C@H](N)C(=O)N[C@@H](C)C(=O)N[C@@H](CCl)C(=O)O. The third kappa shape index (κ3) is 6.97. The van der Waals surface area contributed by atoms with Crippen LogP contribution in [0, 0.1) is 0 Å². The number of thioether (sulfide) groups is 1. The van der Waals surface area contributed by atoms with Crippen LogP contribution in [0.25, 0.3) is 0 Å². The predicted octanol–water partition coefficient (Wildman–Crippen LogP) is -0.620. The van der Waals surface area contributed by atoms with E-state index < -0.39 is 35.9 Å². The van der Waals surface area contributed by atoms with E-state index in [1.54, 1.807) is 11.8 Å². The molecule has 3 atom stereocenters. The summed E-state index contributed by atoms with van der Waals surface area (Å²) >= 11 is 6.99. The number of rotatable bonds is 9. The van der Waals surface area contributed by atoms with Crippen LogP contribution in [-0.2, 0) is 14.4 Å². The number of alkyl halides is 1. The summed E-state index contributed by atoms with van der Waals surface area (Å²) in [5, 5.41) is 13.4. The zero-order valence-electron chi connectivity index (χ0n) is 11.4. The van der Waals surface area contributed by atoms with Gasteiger partial charge in [-0.25, -0.2) is 4.79 Å². The van der Waals surface area contributed by atoms with Gasteiger partial charge in [-0.15, -0.1) is 11.6 Å². The highest BCUT2D eigenvalue weighted by molar-refractivity contribution is 7.98. The maximum Gasteiger partial charge on any atom is 0.327 e. The quantitative estimate of drug-likeness (QED) is 0.419. The standard InChI is InChI=1S/C11H20ClN3O4S/c1-6(9(16)15-8(5-12)11(18)19)14-10(17)7(13)3-4-20-2/h6-8H,3-5,13H2,1-2H3,(H,14,17)(H,15,16)(H,18,19)/t6-,7-,8-/m0/s1. The van der Waals surface area contributed by atoms with Gasteiger partial charge in [-0.05, 0) is 25.4 Å². The molecule has 0 aromatic rings. The molecule has 0 aliphatic rings. The lowest BCUT2D eigenvalue weighted by molar-refractivity contribution is -0.141. The first-order valence-electron chi connectivity index (χ1n) is 5.97. The molecule has 0 unspecified atom stereocenters. The number of carbonyl (C=O) groups excluding carboxylic acids is 2. The molecule has 0 heterocycles. The molecule has 2 amide bonds. The molecule has 20 heavy (non-hydrogen) atoms. The summed E-state index contributed by atoms with van der Waals surface area (Å²) in [6.07, 6.45) is 2.40. The number of halogens is 1. The Morgan fingerprint density at radius 2 is 1.90 bits per heavy atom. The van der Waals surface area contributed by atoms with Crippen LogP contribution < -0.4 is 16.4 Å². The van der Waals surface area contributed by atoms with E-state index in [4.69, 9.17) is 22.4 Å². The minimum absolute atomic E-state index is 0.255. The van der Waals surface area contributed by atoms with Crippen LogP contribution in [0.2, 0.25) is 0 Å². The number of carboxylic acid groups (broad SMARTS) is 1. The highest BCUT2D eigenvalue weighted by atomic mass is 35.5. The third-order valence-corrected chi connectivity index (χ3v) is 3.44. The van der Waals surface area contributed by atoms with Crippen molar-refractivity contribution in [2.75, 3.05) is 17.9 Å². The third-order valence-electron chi connectivity index (χ3n) is 2.49. The van der Waals surface area contributed by atoms with Crippen molar-refractivity contribution in [3.05, 3.63) is 0 Å². The Hall–Kier alpha value is -0.990. The molecule has 0 radical (unpaired) electrons. The molecule has 0 aromatic carbocycles. The molecule has 7 nitrogen and oxygen atoms in total. The van der Waals surface area contributed by atoms with Gasteiger partial charge >= 0.3 is 5.97 Å². The van der Waals surface area contributed by atoms with Crippen LogP contribution in [0.5, 0.6) is 0 Å². The number of carboxylic acids is 1. The van der Waals surface area contributed by atoms with Crippen molar-refractivity contribution in [2.45, 2.75) is 31.5 Å². The molecule has 0 aliphatic carbocycles. The molecular weight excluding hydrogens is 306 g/mol. The second-order valence-corrected chi connectivity index (χ2v) is 5.47. The Morgan fingerprint density at radius 3 is 2.35 bits per heavy atom. The Labute approximate surface area is 127 Å². The fraction of sp³-hybridized carbons (Fsp3) is 0.727. The molecule has 0 fully saturated rings. The van der Waals surface area contributed by atoms with Gasteiger partial charge in [0.2, 0.25) is 11.8 Å². The highest BCUT2D eigenvalue weighted by Crippen LogP contribution is 1.99. The zero-order valence-corrected chi connectivity index (χ0v) is 13.0. The largest absolute Gasteiger partial charge is 0.480 e.